The highest BCUT2D eigenvalue weighted by molar-refractivity contribution is 5.95. The Kier molecular flexibility index (Phi) is 9.52. The normalized spacial score (nSPS) is 17.8. The number of amides is 3. The third kappa shape index (κ3) is 7.18. The molecule has 1 aromatic heterocycles. The van der Waals surface area contributed by atoms with Crippen molar-refractivity contribution in [3.8, 4) is 0 Å². The minimum absolute atomic E-state index is 0.118. The lowest BCUT2D eigenvalue weighted by molar-refractivity contribution is -0.141. The van der Waals surface area contributed by atoms with Crippen molar-refractivity contribution in [3.63, 3.8) is 0 Å². The highest BCUT2D eigenvalue weighted by Crippen LogP contribution is 2.24. The summed E-state index contributed by atoms with van der Waals surface area (Å²) in [7, 11) is 0. The molecule has 2 N–H and O–H groups in total. The molecule has 2 heterocycles. The molecule has 4 rings (SSSR count). The second-order valence-electron chi connectivity index (χ2n) is 9.36. The Bertz CT molecular complexity index is 969. The molecule has 2 fully saturated rings. The lowest BCUT2D eigenvalue weighted by atomic mass is 9.94. The van der Waals surface area contributed by atoms with Crippen LogP contribution in [-0.2, 0) is 14.3 Å². The minimum Gasteiger partial charge on any atom is -0.459 e. The average molecular weight is 497 g/mol. The van der Waals surface area contributed by atoms with E-state index in [2.05, 4.69) is 15.5 Å². The third-order valence-electron chi connectivity index (χ3n) is 6.85. The van der Waals surface area contributed by atoms with E-state index in [-0.39, 0.29) is 30.2 Å². The summed E-state index contributed by atoms with van der Waals surface area (Å²) >= 11 is 0. The number of carbonyl (C=O) groups is 3. The van der Waals surface area contributed by atoms with E-state index in [1.165, 1.54) is 12.7 Å². The summed E-state index contributed by atoms with van der Waals surface area (Å²) < 4.78 is 10.6. The smallest absolute Gasteiger partial charge is 0.287 e. The lowest BCUT2D eigenvalue weighted by Gasteiger charge is -2.35. The van der Waals surface area contributed by atoms with Crippen LogP contribution in [0.5, 0.6) is 0 Å². The SMILES string of the molecule is O=C(NCC(=O)N(CCN1CCOCC1)[C@H](C(=O)NC1CCCCC1)c1ccccc1)c1ccco1. The van der Waals surface area contributed by atoms with Crippen LogP contribution < -0.4 is 10.6 Å². The third-order valence-corrected chi connectivity index (χ3v) is 6.85. The number of benzene rings is 1. The number of hydrogen-bond acceptors (Lipinski definition) is 6. The van der Waals surface area contributed by atoms with Crippen LogP contribution in [0.4, 0.5) is 0 Å². The number of carbonyl (C=O) groups excluding carboxylic acids is 3. The maximum absolute atomic E-state index is 13.7. The molecule has 9 heteroatoms. The molecule has 2 aromatic rings. The lowest BCUT2D eigenvalue weighted by Crippen LogP contribution is -2.51. The van der Waals surface area contributed by atoms with Crippen LogP contribution in [0.3, 0.4) is 0 Å². The van der Waals surface area contributed by atoms with E-state index in [0.29, 0.717) is 26.3 Å². The first-order chi connectivity index (χ1) is 17.6. The summed E-state index contributed by atoms with van der Waals surface area (Å²) in [6, 6.07) is 11.9. The highest BCUT2D eigenvalue weighted by Gasteiger charge is 2.33. The van der Waals surface area contributed by atoms with Crippen molar-refractivity contribution in [3.05, 3.63) is 60.1 Å². The minimum atomic E-state index is -0.790. The number of nitrogens with one attached hydrogen (secondary N) is 2. The van der Waals surface area contributed by atoms with E-state index in [9.17, 15) is 14.4 Å². The molecular weight excluding hydrogens is 460 g/mol. The van der Waals surface area contributed by atoms with Crippen molar-refractivity contribution >= 4 is 17.7 Å². The number of ether oxygens (including phenoxy) is 1. The van der Waals surface area contributed by atoms with E-state index in [4.69, 9.17) is 9.15 Å². The Morgan fingerprint density at radius 2 is 1.75 bits per heavy atom. The van der Waals surface area contributed by atoms with Crippen LogP contribution in [0.15, 0.2) is 53.1 Å². The van der Waals surface area contributed by atoms with Gasteiger partial charge in [0, 0.05) is 32.2 Å². The standard InChI is InChI=1S/C27H36N4O5/c32-24(20-28-26(33)23-12-7-17-36-23)31(14-13-30-15-18-35-19-16-30)25(21-8-3-1-4-9-21)27(34)29-22-10-5-2-6-11-22/h1,3-4,7-9,12,17,22,25H,2,5-6,10-11,13-16,18-20H2,(H,28,33)(H,29,34)/t25-/m0/s1. The molecule has 36 heavy (non-hydrogen) atoms. The molecule has 3 amide bonds. The van der Waals surface area contributed by atoms with Crippen LogP contribution in [0.1, 0.15) is 54.3 Å². The molecule has 9 nitrogen and oxygen atoms in total. The predicted molar refractivity (Wildman–Crippen MR) is 134 cm³/mol. The second kappa shape index (κ2) is 13.2. The number of morpholine rings is 1. The maximum atomic E-state index is 13.7. The molecule has 0 unspecified atom stereocenters. The molecule has 1 saturated heterocycles. The number of furan rings is 1. The van der Waals surface area contributed by atoms with E-state index >= 15 is 0 Å². The average Bonchev–Trinajstić information content (AvgIpc) is 3.46. The molecule has 1 saturated carbocycles. The van der Waals surface area contributed by atoms with Crippen molar-refractivity contribution < 1.29 is 23.5 Å². The molecule has 1 aliphatic heterocycles. The predicted octanol–water partition coefficient (Wildman–Crippen LogP) is 2.36. The van der Waals surface area contributed by atoms with Gasteiger partial charge < -0.3 is 24.7 Å². The second-order valence-corrected chi connectivity index (χ2v) is 9.36. The molecule has 2 aliphatic rings. The van der Waals surface area contributed by atoms with Gasteiger partial charge >= 0.3 is 0 Å². The fraction of sp³-hybridized carbons (Fsp3) is 0.519. The summed E-state index contributed by atoms with van der Waals surface area (Å²) in [5.41, 5.74) is 0.749. The molecule has 0 radical (unpaired) electrons. The molecule has 1 aromatic carbocycles. The monoisotopic (exact) mass is 496 g/mol. The van der Waals surface area contributed by atoms with E-state index < -0.39 is 11.9 Å². The zero-order valence-electron chi connectivity index (χ0n) is 20.7. The van der Waals surface area contributed by atoms with Gasteiger partial charge in [-0.1, -0.05) is 49.6 Å². The first-order valence-corrected chi connectivity index (χ1v) is 12.9. The van der Waals surface area contributed by atoms with Gasteiger partial charge in [0.05, 0.1) is 26.0 Å². The summed E-state index contributed by atoms with van der Waals surface area (Å²) in [6.07, 6.45) is 6.70. The molecule has 1 aliphatic carbocycles. The van der Waals surface area contributed by atoms with Crippen LogP contribution in [-0.4, -0.2) is 79.5 Å². The van der Waals surface area contributed by atoms with Gasteiger partial charge in [-0.2, -0.15) is 0 Å². The van der Waals surface area contributed by atoms with Crippen LogP contribution >= 0.6 is 0 Å². The largest absolute Gasteiger partial charge is 0.459 e. The van der Waals surface area contributed by atoms with E-state index in [1.54, 1.807) is 17.0 Å². The number of hydrogen-bond donors (Lipinski definition) is 2. The fourth-order valence-electron chi connectivity index (χ4n) is 4.86. The van der Waals surface area contributed by atoms with Gasteiger partial charge in [0.15, 0.2) is 5.76 Å². The van der Waals surface area contributed by atoms with Crippen molar-refractivity contribution in [2.75, 3.05) is 45.9 Å². The Morgan fingerprint density at radius 1 is 1.00 bits per heavy atom. The van der Waals surface area contributed by atoms with E-state index in [0.717, 1.165) is 44.3 Å². The van der Waals surface area contributed by atoms with Crippen molar-refractivity contribution in [2.24, 2.45) is 0 Å². The zero-order chi connectivity index (χ0) is 25.2. The number of rotatable bonds is 10. The van der Waals surface area contributed by atoms with Gasteiger partial charge in [-0.05, 0) is 30.5 Å². The van der Waals surface area contributed by atoms with E-state index in [1.807, 2.05) is 30.3 Å². The first-order valence-electron chi connectivity index (χ1n) is 12.9. The van der Waals surface area contributed by atoms with Gasteiger partial charge in [-0.25, -0.2) is 0 Å². The maximum Gasteiger partial charge on any atom is 0.287 e. The quantitative estimate of drug-likeness (QED) is 0.523. The van der Waals surface area contributed by atoms with Crippen molar-refractivity contribution in [1.82, 2.24) is 20.4 Å². The molecule has 194 valence electrons. The fourth-order valence-corrected chi connectivity index (χ4v) is 4.86. The van der Waals surface area contributed by atoms with Gasteiger partial charge in [0.2, 0.25) is 11.8 Å². The van der Waals surface area contributed by atoms with Crippen molar-refractivity contribution in [1.29, 1.82) is 0 Å². The van der Waals surface area contributed by atoms with Crippen molar-refractivity contribution in [2.45, 2.75) is 44.2 Å². The van der Waals surface area contributed by atoms with Crippen LogP contribution in [0.25, 0.3) is 0 Å². The summed E-state index contributed by atoms with van der Waals surface area (Å²) in [4.78, 5) is 43.5. The Labute approximate surface area is 212 Å². The zero-order valence-corrected chi connectivity index (χ0v) is 20.7. The Balaban J connectivity index is 1.53. The topological polar surface area (TPSA) is 104 Å². The molecule has 1 atom stereocenters. The Morgan fingerprint density at radius 3 is 2.44 bits per heavy atom. The summed E-state index contributed by atoms with van der Waals surface area (Å²) in [5.74, 6) is -0.835. The van der Waals surface area contributed by atoms with Gasteiger partial charge in [0.1, 0.15) is 6.04 Å². The van der Waals surface area contributed by atoms with Crippen LogP contribution in [0, 0.1) is 0 Å². The van der Waals surface area contributed by atoms with Crippen LogP contribution in [0.2, 0.25) is 0 Å². The van der Waals surface area contributed by atoms with Gasteiger partial charge in [-0.3, -0.25) is 19.3 Å². The number of nitrogens with zero attached hydrogens (tertiary/aromatic N) is 2. The Hall–Kier alpha value is -3.17. The molecule has 0 bridgehead atoms. The van der Waals surface area contributed by atoms with Gasteiger partial charge in [0.25, 0.3) is 5.91 Å². The summed E-state index contributed by atoms with van der Waals surface area (Å²) in [5, 5.41) is 5.85. The van der Waals surface area contributed by atoms with Gasteiger partial charge in [-0.15, -0.1) is 0 Å². The first kappa shape index (κ1) is 25.9. The molecular formula is C27H36N4O5. The summed E-state index contributed by atoms with van der Waals surface area (Å²) in [6.45, 7) is 3.59. The highest BCUT2D eigenvalue weighted by atomic mass is 16.5. The molecule has 0 spiro atoms.